The third-order valence-electron chi connectivity index (χ3n) is 6.20. The zero-order valence-electron chi connectivity index (χ0n) is 16.5. The number of fused-ring (bicyclic) bond motifs is 1. The second-order valence-electron chi connectivity index (χ2n) is 7.61. The van der Waals surface area contributed by atoms with Gasteiger partial charge in [0.25, 0.3) is 0 Å². The van der Waals surface area contributed by atoms with Crippen molar-refractivity contribution in [2.45, 2.75) is 38.3 Å². The second-order valence-corrected chi connectivity index (χ2v) is 7.61. The molecule has 0 saturated carbocycles. The van der Waals surface area contributed by atoms with E-state index in [-0.39, 0.29) is 30.9 Å². The van der Waals surface area contributed by atoms with E-state index >= 15 is 0 Å². The molecule has 0 unspecified atom stereocenters. The molecule has 1 aromatic carbocycles. The van der Waals surface area contributed by atoms with E-state index in [2.05, 4.69) is 5.16 Å². The number of piperidine rings is 1. The van der Waals surface area contributed by atoms with Gasteiger partial charge in [-0.3, -0.25) is 9.59 Å². The molecule has 7 nitrogen and oxygen atoms in total. The van der Waals surface area contributed by atoms with Crippen LogP contribution in [-0.2, 0) is 26.3 Å². The molecule has 1 aromatic heterocycles. The van der Waals surface area contributed by atoms with Crippen LogP contribution in [0.15, 0.2) is 34.9 Å². The lowest BCUT2D eigenvalue weighted by Crippen LogP contribution is -2.67. The predicted molar refractivity (Wildman–Crippen MR) is 102 cm³/mol. The number of carbonyl (C=O) groups is 2. The maximum Gasteiger partial charge on any atom is 0.249 e. The number of benzene rings is 1. The molecule has 2 amide bonds. The van der Waals surface area contributed by atoms with Gasteiger partial charge in [-0.15, -0.1) is 0 Å². The molecule has 7 heteroatoms. The van der Waals surface area contributed by atoms with Gasteiger partial charge in [0.1, 0.15) is 18.5 Å². The van der Waals surface area contributed by atoms with Crippen molar-refractivity contribution in [2.75, 3.05) is 26.7 Å². The summed E-state index contributed by atoms with van der Waals surface area (Å²) in [6, 6.07) is 9.98. The Morgan fingerprint density at radius 1 is 1.29 bits per heavy atom. The van der Waals surface area contributed by atoms with Crippen LogP contribution in [0.3, 0.4) is 0 Å². The van der Waals surface area contributed by atoms with Crippen molar-refractivity contribution in [1.29, 1.82) is 0 Å². The number of morpholine rings is 1. The molecule has 2 aromatic rings. The monoisotopic (exact) mass is 383 g/mol. The van der Waals surface area contributed by atoms with E-state index in [1.54, 1.807) is 0 Å². The Bertz CT molecular complexity index is 875. The molecule has 28 heavy (non-hydrogen) atoms. The lowest BCUT2D eigenvalue weighted by molar-refractivity contribution is -0.184. The summed E-state index contributed by atoms with van der Waals surface area (Å²) < 4.78 is 11.1. The van der Waals surface area contributed by atoms with E-state index in [4.69, 9.17) is 9.26 Å². The van der Waals surface area contributed by atoms with Crippen LogP contribution in [0.4, 0.5) is 0 Å². The number of likely N-dealkylation sites (N-methyl/N-ethyl adjacent to an activating group) is 1. The van der Waals surface area contributed by atoms with Gasteiger partial charge < -0.3 is 19.1 Å². The number of hydrogen-bond donors (Lipinski definition) is 0. The number of carbonyl (C=O) groups excluding carboxylic acids is 2. The van der Waals surface area contributed by atoms with E-state index in [9.17, 15) is 9.59 Å². The molecule has 0 bridgehead atoms. The highest BCUT2D eigenvalue weighted by Crippen LogP contribution is 2.42. The summed E-state index contributed by atoms with van der Waals surface area (Å²) in [4.78, 5) is 29.0. The number of aryl methyl sites for hydroxylation is 2. The first-order valence-corrected chi connectivity index (χ1v) is 9.57. The van der Waals surface area contributed by atoms with Gasteiger partial charge in [-0.1, -0.05) is 35.5 Å². The van der Waals surface area contributed by atoms with Gasteiger partial charge in [0, 0.05) is 25.7 Å². The number of aromatic nitrogens is 1. The molecule has 0 aliphatic carbocycles. The fourth-order valence-corrected chi connectivity index (χ4v) is 4.47. The molecule has 2 aliphatic rings. The van der Waals surface area contributed by atoms with Crippen LogP contribution in [-0.4, -0.2) is 59.6 Å². The molecule has 3 heterocycles. The fourth-order valence-electron chi connectivity index (χ4n) is 4.47. The van der Waals surface area contributed by atoms with Crippen molar-refractivity contribution in [3.63, 3.8) is 0 Å². The number of hydrogen-bond acceptors (Lipinski definition) is 5. The molecule has 2 aliphatic heterocycles. The average Bonchev–Trinajstić information content (AvgIpc) is 3.03. The van der Waals surface area contributed by atoms with Crippen molar-refractivity contribution in [2.24, 2.45) is 0 Å². The fraction of sp³-hybridized carbons (Fsp3) is 0.476. The Labute approximate surface area is 164 Å². The molecule has 2 atom stereocenters. The smallest absolute Gasteiger partial charge is 0.249 e. The third kappa shape index (κ3) is 2.90. The van der Waals surface area contributed by atoms with Gasteiger partial charge in [0.05, 0.1) is 17.7 Å². The van der Waals surface area contributed by atoms with Crippen molar-refractivity contribution < 1.29 is 18.8 Å². The Hall–Kier alpha value is -2.67. The van der Waals surface area contributed by atoms with E-state index < -0.39 is 5.54 Å². The molecule has 0 radical (unpaired) electrons. The molecule has 148 valence electrons. The number of ether oxygens (including phenoxy) is 1. The van der Waals surface area contributed by atoms with Gasteiger partial charge in [-0.2, -0.15) is 0 Å². The number of rotatable bonds is 3. The molecular weight excluding hydrogens is 358 g/mol. The predicted octanol–water partition coefficient (Wildman–Crippen LogP) is 1.82. The van der Waals surface area contributed by atoms with Crippen LogP contribution in [0.2, 0.25) is 0 Å². The lowest BCUT2D eigenvalue weighted by Gasteiger charge is -2.54. The van der Waals surface area contributed by atoms with Gasteiger partial charge in [0.15, 0.2) is 0 Å². The van der Waals surface area contributed by atoms with Crippen molar-refractivity contribution in [3.05, 3.63) is 52.9 Å². The zero-order valence-corrected chi connectivity index (χ0v) is 16.5. The second kappa shape index (κ2) is 7.05. The summed E-state index contributed by atoms with van der Waals surface area (Å²) in [5, 5.41) is 3.93. The third-order valence-corrected chi connectivity index (χ3v) is 6.20. The minimum atomic E-state index is -0.545. The Kier molecular flexibility index (Phi) is 4.71. The van der Waals surface area contributed by atoms with E-state index in [0.717, 1.165) is 16.8 Å². The van der Waals surface area contributed by atoms with Crippen molar-refractivity contribution in [3.8, 4) is 0 Å². The highest BCUT2D eigenvalue weighted by Gasteiger charge is 2.53. The molecule has 0 N–H and O–H groups in total. The quantitative estimate of drug-likeness (QED) is 0.808. The summed E-state index contributed by atoms with van der Waals surface area (Å²) in [6.45, 7) is 4.73. The first-order chi connectivity index (χ1) is 13.4. The van der Waals surface area contributed by atoms with Gasteiger partial charge in [0.2, 0.25) is 11.8 Å². The summed E-state index contributed by atoms with van der Waals surface area (Å²) in [5.74, 6) is 0.676. The summed E-state index contributed by atoms with van der Waals surface area (Å²) >= 11 is 0. The van der Waals surface area contributed by atoms with Crippen LogP contribution in [0.5, 0.6) is 0 Å². The standard InChI is InChI=1S/C21H25N3O4/c1-14-17(15(2)28-22-14)11-19(25)24-10-9-21(16-7-5-4-6-8-16)18(12-24)27-13-20(26)23(21)3/h4-8,18H,9-13H2,1-3H3/t18-,21+/m1/s1. The first kappa shape index (κ1) is 18.7. The van der Waals surface area contributed by atoms with Crippen molar-refractivity contribution in [1.82, 2.24) is 15.0 Å². The molecule has 2 fully saturated rings. The van der Waals surface area contributed by atoms with Gasteiger partial charge in [-0.05, 0) is 25.8 Å². The Morgan fingerprint density at radius 2 is 2.04 bits per heavy atom. The molecule has 0 spiro atoms. The van der Waals surface area contributed by atoms with Crippen LogP contribution >= 0.6 is 0 Å². The van der Waals surface area contributed by atoms with Gasteiger partial charge >= 0.3 is 0 Å². The minimum Gasteiger partial charge on any atom is -0.364 e. The van der Waals surface area contributed by atoms with Crippen LogP contribution < -0.4 is 0 Å². The summed E-state index contributed by atoms with van der Waals surface area (Å²) in [5.41, 5.74) is 2.10. The highest BCUT2D eigenvalue weighted by atomic mass is 16.5. The lowest BCUT2D eigenvalue weighted by atomic mass is 9.76. The topological polar surface area (TPSA) is 75.9 Å². The normalized spacial score (nSPS) is 25.0. The van der Waals surface area contributed by atoms with E-state index in [0.29, 0.717) is 25.3 Å². The maximum absolute atomic E-state index is 13.0. The Balaban J connectivity index is 1.59. The maximum atomic E-state index is 13.0. The molecule has 2 saturated heterocycles. The molecular formula is C21H25N3O4. The minimum absolute atomic E-state index is 0.0271. The average molecular weight is 383 g/mol. The Morgan fingerprint density at radius 3 is 2.71 bits per heavy atom. The van der Waals surface area contributed by atoms with Gasteiger partial charge in [-0.25, -0.2) is 0 Å². The largest absolute Gasteiger partial charge is 0.364 e. The van der Waals surface area contributed by atoms with Crippen LogP contribution in [0, 0.1) is 13.8 Å². The zero-order chi connectivity index (χ0) is 19.9. The summed E-state index contributed by atoms with van der Waals surface area (Å²) in [7, 11) is 1.84. The van der Waals surface area contributed by atoms with E-state index in [1.807, 2.05) is 61.0 Å². The highest BCUT2D eigenvalue weighted by molar-refractivity contribution is 5.81. The first-order valence-electron chi connectivity index (χ1n) is 9.57. The van der Waals surface area contributed by atoms with Crippen LogP contribution in [0.25, 0.3) is 0 Å². The summed E-state index contributed by atoms with van der Waals surface area (Å²) in [6.07, 6.45) is 0.637. The molecule has 4 rings (SSSR count). The number of nitrogens with zero attached hydrogens (tertiary/aromatic N) is 3. The SMILES string of the molecule is Cc1noc(C)c1CC(=O)N1CC[C@]2(c3ccccc3)[C@@H](C1)OCC(=O)N2C. The van der Waals surface area contributed by atoms with E-state index in [1.165, 1.54) is 0 Å². The van der Waals surface area contributed by atoms with Crippen LogP contribution in [0.1, 0.15) is 29.0 Å². The van der Waals surface area contributed by atoms with Crippen molar-refractivity contribution >= 4 is 11.8 Å². The number of amides is 2. The number of likely N-dealkylation sites (tertiary alicyclic amines) is 1.